The number of hydrogen-bond acceptors (Lipinski definition) is 6. The predicted molar refractivity (Wildman–Crippen MR) is 121 cm³/mol. The molecular weight excluding hydrogens is 469 g/mol. The van der Waals surface area contributed by atoms with Crippen molar-refractivity contribution in [2.45, 2.75) is 18.0 Å². The summed E-state index contributed by atoms with van der Waals surface area (Å²) in [5.74, 6) is 0.628. The monoisotopic (exact) mass is 487 g/mol. The summed E-state index contributed by atoms with van der Waals surface area (Å²) >= 11 is 5.91. The van der Waals surface area contributed by atoms with Gasteiger partial charge in [-0.05, 0) is 66.2 Å². The first-order valence-electron chi connectivity index (χ1n) is 9.82. The first kappa shape index (κ1) is 22.9. The molecule has 33 heavy (non-hydrogen) atoms. The highest BCUT2D eigenvalue weighted by atomic mass is 35.5. The molecule has 0 radical (unpaired) electrons. The van der Waals surface area contributed by atoms with Crippen LogP contribution in [-0.2, 0) is 23.1 Å². The fraction of sp³-hybridized carbons (Fsp3) is 0.130. The highest BCUT2D eigenvalue weighted by Crippen LogP contribution is 2.25. The van der Waals surface area contributed by atoms with E-state index in [2.05, 4.69) is 10.2 Å². The summed E-state index contributed by atoms with van der Waals surface area (Å²) in [5, 5.41) is 8.47. The van der Waals surface area contributed by atoms with Crippen molar-refractivity contribution in [1.29, 1.82) is 0 Å². The Morgan fingerprint density at radius 3 is 2.24 bits per heavy atom. The number of halogens is 2. The number of ether oxygens (including phenoxy) is 1. The minimum atomic E-state index is -3.95. The maximum absolute atomic E-state index is 13.4. The third-order valence-electron chi connectivity index (χ3n) is 4.84. The van der Waals surface area contributed by atoms with Crippen LogP contribution < -0.4 is 4.74 Å². The lowest BCUT2D eigenvalue weighted by Crippen LogP contribution is -2.30. The molecule has 0 amide bonds. The van der Waals surface area contributed by atoms with Gasteiger partial charge < -0.3 is 9.15 Å². The van der Waals surface area contributed by atoms with Gasteiger partial charge in [-0.15, -0.1) is 10.2 Å². The Morgan fingerprint density at radius 1 is 0.939 bits per heavy atom. The lowest BCUT2D eigenvalue weighted by Gasteiger charge is -2.21. The zero-order chi connectivity index (χ0) is 23.4. The Bertz CT molecular complexity index is 1330. The van der Waals surface area contributed by atoms with Gasteiger partial charge in [0.05, 0.1) is 18.6 Å². The molecule has 170 valence electrons. The summed E-state index contributed by atoms with van der Waals surface area (Å²) in [5.41, 5.74) is 1.27. The first-order chi connectivity index (χ1) is 15.8. The molecular formula is C23H19ClFN3O4S. The summed E-state index contributed by atoms with van der Waals surface area (Å²) < 4.78 is 52.1. The average molecular weight is 488 g/mol. The van der Waals surface area contributed by atoms with Crippen LogP contribution in [0, 0.1) is 5.82 Å². The molecule has 0 spiro atoms. The SMILES string of the molecule is COc1ccc(-c2nnc(CN(Cc3ccc(F)cc3)S(=O)(=O)c3ccc(Cl)cc3)o2)cc1. The molecule has 0 saturated carbocycles. The predicted octanol–water partition coefficient (Wildman–Crippen LogP) is 4.93. The van der Waals surface area contributed by atoms with Crippen molar-refractivity contribution in [3.8, 4) is 17.2 Å². The van der Waals surface area contributed by atoms with E-state index in [1.807, 2.05) is 0 Å². The Kier molecular flexibility index (Phi) is 6.73. The fourth-order valence-corrected chi connectivity index (χ4v) is 4.60. The summed E-state index contributed by atoms with van der Waals surface area (Å²) in [6.45, 7) is -0.197. The maximum Gasteiger partial charge on any atom is 0.247 e. The standard InChI is InChI=1S/C23H19ClFN3O4S/c1-31-20-10-4-17(5-11-20)23-27-26-22(32-23)15-28(14-16-2-8-19(25)9-3-16)33(29,30)21-12-6-18(24)7-13-21/h2-13H,14-15H2,1H3. The van der Waals surface area contributed by atoms with Gasteiger partial charge in [-0.3, -0.25) is 0 Å². The van der Waals surface area contributed by atoms with Crippen LogP contribution in [0.1, 0.15) is 11.5 Å². The van der Waals surface area contributed by atoms with Gasteiger partial charge in [0.25, 0.3) is 0 Å². The summed E-state index contributed by atoms with van der Waals surface area (Å²) in [6, 6.07) is 18.5. The zero-order valence-electron chi connectivity index (χ0n) is 17.5. The fourth-order valence-electron chi connectivity index (χ4n) is 3.09. The number of nitrogens with zero attached hydrogens (tertiary/aromatic N) is 3. The molecule has 1 aromatic heterocycles. The van der Waals surface area contributed by atoms with E-state index in [0.29, 0.717) is 21.9 Å². The third kappa shape index (κ3) is 5.39. The van der Waals surface area contributed by atoms with E-state index in [0.717, 1.165) is 0 Å². The molecule has 0 aliphatic rings. The van der Waals surface area contributed by atoms with Crippen molar-refractivity contribution in [3.05, 3.63) is 95.1 Å². The van der Waals surface area contributed by atoms with Crippen molar-refractivity contribution >= 4 is 21.6 Å². The van der Waals surface area contributed by atoms with Gasteiger partial charge in [-0.1, -0.05) is 23.7 Å². The number of aromatic nitrogens is 2. The highest BCUT2D eigenvalue weighted by molar-refractivity contribution is 7.89. The molecule has 10 heteroatoms. The number of rotatable bonds is 8. The van der Waals surface area contributed by atoms with Gasteiger partial charge in [0, 0.05) is 17.1 Å². The molecule has 0 bridgehead atoms. The molecule has 0 aliphatic carbocycles. The minimum Gasteiger partial charge on any atom is -0.497 e. The molecule has 0 atom stereocenters. The Hall–Kier alpha value is -3.27. The molecule has 7 nitrogen and oxygen atoms in total. The van der Waals surface area contributed by atoms with E-state index in [1.165, 1.54) is 52.8 Å². The lowest BCUT2D eigenvalue weighted by molar-refractivity contribution is 0.352. The third-order valence-corrected chi connectivity index (χ3v) is 6.90. The van der Waals surface area contributed by atoms with Crippen LogP contribution in [0.15, 0.2) is 82.1 Å². The molecule has 0 saturated heterocycles. The highest BCUT2D eigenvalue weighted by Gasteiger charge is 2.27. The van der Waals surface area contributed by atoms with Gasteiger partial charge in [0.1, 0.15) is 11.6 Å². The lowest BCUT2D eigenvalue weighted by atomic mass is 10.2. The summed E-state index contributed by atoms with van der Waals surface area (Å²) in [4.78, 5) is 0.0592. The van der Waals surface area contributed by atoms with Gasteiger partial charge in [-0.2, -0.15) is 4.31 Å². The molecule has 0 fully saturated rings. The van der Waals surface area contributed by atoms with Crippen molar-refractivity contribution in [1.82, 2.24) is 14.5 Å². The van der Waals surface area contributed by atoms with Crippen LogP contribution in [0.3, 0.4) is 0 Å². The van der Waals surface area contributed by atoms with E-state index in [1.54, 1.807) is 31.4 Å². The Morgan fingerprint density at radius 2 is 1.61 bits per heavy atom. The smallest absolute Gasteiger partial charge is 0.247 e. The largest absolute Gasteiger partial charge is 0.497 e. The van der Waals surface area contributed by atoms with Crippen molar-refractivity contribution in [2.75, 3.05) is 7.11 Å². The van der Waals surface area contributed by atoms with Crippen molar-refractivity contribution in [3.63, 3.8) is 0 Å². The molecule has 0 N–H and O–H groups in total. The maximum atomic E-state index is 13.4. The number of benzene rings is 3. The van der Waals surface area contributed by atoms with Crippen LogP contribution >= 0.6 is 11.6 Å². The number of sulfonamides is 1. The molecule has 0 aliphatic heterocycles. The molecule has 4 rings (SSSR count). The van der Waals surface area contributed by atoms with Crippen LogP contribution in [-0.4, -0.2) is 30.0 Å². The second-order valence-corrected chi connectivity index (χ2v) is 9.46. The van der Waals surface area contributed by atoms with Gasteiger partial charge in [0.15, 0.2) is 0 Å². The summed E-state index contributed by atoms with van der Waals surface area (Å²) in [6.07, 6.45) is 0. The van der Waals surface area contributed by atoms with E-state index in [-0.39, 0.29) is 29.8 Å². The van der Waals surface area contributed by atoms with Crippen LogP contribution in [0.5, 0.6) is 5.75 Å². The van der Waals surface area contributed by atoms with Crippen LogP contribution in [0.25, 0.3) is 11.5 Å². The quantitative estimate of drug-likeness (QED) is 0.350. The normalized spacial score (nSPS) is 11.6. The minimum absolute atomic E-state index is 0.0223. The molecule has 4 aromatic rings. The number of hydrogen-bond donors (Lipinski definition) is 0. The number of methoxy groups -OCH3 is 1. The van der Waals surface area contributed by atoms with Crippen molar-refractivity contribution < 1.29 is 22.0 Å². The van der Waals surface area contributed by atoms with Crippen molar-refractivity contribution in [2.24, 2.45) is 0 Å². The molecule has 1 heterocycles. The van der Waals surface area contributed by atoms with Crippen LogP contribution in [0.2, 0.25) is 5.02 Å². The molecule has 0 unspecified atom stereocenters. The van der Waals surface area contributed by atoms with E-state index >= 15 is 0 Å². The van der Waals surface area contributed by atoms with E-state index < -0.39 is 15.8 Å². The van der Waals surface area contributed by atoms with Crippen LogP contribution in [0.4, 0.5) is 4.39 Å². The second kappa shape index (κ2) is 9.70. The van der Waals surface area contributed by atoms with Gasteiger partial charge in [-0.25, -0.2) is 12.8 Å². The summed E-state index contributed by atoms with van der Waals surface area (Å²) in [7, 11) is -2.39. The zero-order valence-corrected chi connectivity index (χ0v) is 19.1. The molecule has 3 aromatic carbocycles. The average Bonchev–Trinajstić information content (AvgIpc) is 3.29. The topological polar surface area (TPSA) is 85.5 Å². The first-order valence-corrected chi connectivity index (χ1v) is 11.6. The van der Waals surface area contributed by atoms with E-state index in [9.17, 15) is 12.8 Å². The second-order valence-electron chi connectivity index (χ2n) is 7.08. The Balaban J connectivity index is 1.64. The van der Waals surface area contributed by atoms with E-state index in [4.69, 9.17) is 20.8 Å². The van der Waals surface area contributed by atoms with Gasteiger partial charge >= 0.3 is 0 Å². The van der Waals surface area contributed by atoms with Gasteiger partial charge in [0.2, 0.25) is 21.8 Å². The Labute approximate surface area is 195 Å².